The van der Waals surface area contributed by atoms with Gasteiger partial charge in [-0.25, -0.2) is 13.4 Å². The Kier molecular flexibility index (Phi) is 4.31. The molecule has 0 saturated carbocycles. The molecular weight excluding hydrogens is 298 g/mol. The molecule has 6 heteroatoms. The van der Waals surface area contributed by atoms with E-state index in [1.165, 1.54) is 5.56 Å². The van der Waals surface area contributed by atoms with Crippen LogP contribution < -0.4 is 0 Å². The average molecular weight is 319 g/mol. The van der Waals surface area contributed by atoms with Crippen LogP contribution in [0.5, 0.6) is 0 Å². The molecule has 5 nitrogen and oxygen atoms in total. The summed E-state index contributed by atoms with van der Waals surface area (Å²) >= 11 is 0. The van der Waals surface area contributed by atoms with Crippen molar-refractivity contribution in [3.8, 4) is 5.69 Å². The van der Waals surface area contributed by atoms with Crippen molar-refractivity contribution < 1.29 is 8.42 Å². The summed E-state index contributed by atoms with van der Waals surface area (Å²) in [6, 6.07) is 8.63. The van der Waals surface area contributed by atoms with Gasteiger partial charge in [0.1, 0.15) is 0 Å². The highest BCUT2D eigenvalue weighted by molar-refractivity contribution is 7.91. The smallest absolute Gasteiger partial charge is 0.151 e. The van der Waals surface area contributed by atoms with E-state index >= 15 is 0 Å². The predicted octanol–water partition coefficient (Wildman–Crippen LogP) is 1.88. The van der Waals surface area contributed by atoms with Crippen molar-refractivity contribution in [1.82, 2.24) is 14.5 Å². The van der Waals surface area contributed by atoms with Gasteiger partial charge in [-0.3, -0.25) is 4.90 Å². The molecule has 0 aliphatic carbocycles. The molecule has 0 N–H and O–H groups in total. The van der Waals surface area contributed by atoms with Gasteiger partial charge in [-0.05, 0) is 31.0 Å². The van der Waals surface area contributed by atoms with E-state index < -0.39 is 9.84 Å². The zero-order chi connectivity index (χ0) is 15.6. The summed E-state index contributed by atoms with van der Waals surface area (Å²) < 4.78 is 25.5. The molecule has 0 bridgehead atoms. The molecule has 3 rings (SSSR count). The lowest BCUT2D eigenvalue weighted by Crippen LogP contribution is -2.33. The lowest BCUT2D eigenvalue weighted by molar-refractivity contribution is 0.212. The molecule has 1 aromatic heterocycles. The molecular formula is C16H21N3O2S. The van der Waals surface area contributed by atoms with Crippen LogP contribution in [-0.2, 0) is 16.4 Å². The summed E-state index contributed by atoms with van der Waals surface area (Å²) in [7, 11) is -2.87. The van der Waals surface area contributed by atoms with E-state index in [1.807, 2.05) is 10.8 Å². The maximum absolute atomic E-state index is 11.8. The van der Waals surface area contributed by atoms with E-state index in [1.54, 1.807) is 12.5 Å². The van der Waals surface area contributed by atoms with Gasteiger partial charge in [-0.15, -0.1) is 0 Å². The first-order chi connectivity index (χ1) is 10.5. The third-order valence-corrected chi connectivity index (χ3v) is 5.95. The maximum atomic E-state index is 11.8. The molecule has 1 aliphatic heterocycles. The van der Waals surface area contributed by atoms with E-state index in [4.69, 9.17) is 0 Å². The van der Waals surface area contributed by atoms with Gasteiger partial charge in [0.15, 0.2) is 9.84 Å². The predicted molar refractivity (Wildman–Crippen MR) is 86.7 cm³/mol. The SMILES string of the molecule is CC1CCS(=O)(=O)CCN1Cc1ccc(-n2ccnc2)cc1. The number of hydrogen-bond acceptors (Lipinski definition) is 4. The normalized spacial score (nSPS) is 22.3. The van der Waals surface area contributed by atoms with Crippen molar-refractivity contribution in [3.63, 3.8) is 0 Å². The largest absolute Gasteiger partial charge is 0.306 e. The number of nitrogens with zero attached hydrogens (tertiary/aromatic N) is 3. The number of benzene rings is 1. The molecule has 118 valence electrons. The number of rotatable bonds is 3. The molecule has 0 amide bonds. The Hall–Kier alpha value is -1.66. The van der Waals surface area contributed by atoms with E-state index in [0.717, 1.165) is 18.7 Å². The molecule has 1 aliphatic rings. The van der Waals surface area contributed by atoms with Crippen molar-refractivity contribution >= 4 is 9.84 Å². The first kappa shape index (κ1) is 15.2. The molecule has 0 spiro atoms. The molecule has 2 aromatic rings. The second-order valence-electron chi connectivity index (χ2n) is 5.90. The first-order valence-corrected chi connectivity index (χ1v) is 9.37. The molecule has 1 aromatic carbocycles. The van der Waals surface area contributed by atoms with Crippen LogP contribution in [0.25, 0.3) is 5.69 Å². The van der Waals surface area contributed by atoms with Crippen molar-refractivity contribution in [2.24, 2.45) is 0 Å². The summed E-state index contributed by atoms with van der Waals surface area (Å²) in [5.41, 5.74) is 2.28. The quantitative estimate of drug-likeness (QED) is 0.867. The van der Waals surface area contributed by atoms with Crippen molar-refractivity contribution in [3.05, 3.63) is 48.5 Å². The minimum atomic E-state index is -2.87. The van der Waals surface area contributed by atoms with Crippen molar-refractivity contribution in [1.29, 1.82) is 0 Å². The number of hydrogen-bond donors (Lipinski definition) is 0. The van der Waals surface area contributed by atoms with Gasteiger partial charge in [-0.1, -0.05) is 12.1 Å². The van der Waals surface area contributed by atoms with Crippen LogP contribution in [0.3, 0.4) is 0 Å². The van der Waals surface area contributed by atoms with Crippen molar-refractivity contribution in [2.45, 2.75) is 25.9 Å². The lowest BCUT2D eigenvalue weighted by atomic mass is 10.1. The van der Waals surface area contributed by atoms with Gasteiger partial charge >= 0.3 is 0 Å². The summed E-state index contributed by atoms with van der Waals surface area (Å²) in [5, 5.41) is 0. The minimum absolute atomic E-state index is 0.268. The maximum Gasteiger partial charge on any atom is 0.151 e. The van der Waals surface area contributed by atoms with Crippen LogP contribution >= 0.6 is 0 Å². The summed E-state index contributed by atoms with van der Waals surface area (Å²) in [6.45, 7) is 3.52. The van der Waals surface area contributed by atoms with Crippen LogP contribution in [0.2, 0.25) is 0 Å². The minimum Gasteiger partial charge on any atom is -0.306 e. The zero-order valence-electron chi connectivity index (χ0n) is 12.7. The van der Waals surface area contributed by atoms with Gasteiger partial charge in [0.25, 0.3) is 0 Å². The molecule has 1 saturated heterocycles. The van der Waals surface area contributed by atoms with E-state index in [-0.39, 0.29) is 5.75 Å². The molecule has 1 atom stereocenters. The van der Waals surface area contributed by atoms with E-state index in [9.17, 15) is 8.42 Å². The molecule has 2 heterocycles. The van der Waals surface area contributed by atoms with Crippen LogP contribution in [0, 0.1) is 0 Å². The van der Waals surface area contributed by atoms with Gasteiger partial charge in [0.05, 0.1) is 17.8 Å². The van der Waals surface area contributed by atoms with E-state index in [0.29, 0.717) is 18.3 Å². The Bertz CT molecular complexity index is 708. The summed E-state index contributed by atoms with van der Waals surface area (Å²) in [5.74, 6) is 0.578. The Morgan fingerprint density at radius 1 is 1.23 bits per heavy atom. The van der Waals surface area contributed by atoms with Gasteiger partial charge < -0.3 is 4.57 Å². The van der Waals surface area contributed by atoms with Crippen LogP contribution in [-0.4, -0.2) is 47.0 Å². The second kappa shape index (κ2) is 6.22. The van der Waals surface area contributed by atoms with Crippen LogP contribution in [0.1, 0.15) is 18.9 Å². The fraction of sp³-hybridized carbons (Fsp3) is 0.438. The van der Waals surface area contributed by atoms with Crippen molar-refractivity contribution in [2.75, 3.05) is 18.1 Å². The first-order valence-electron chi connectivity index (χ1n) is 7.55. The van der Waals surface area contributed by atoms with E-state index in [2.05, 4.69) is 41.1 Å². The van der Waals surface area contributed by atoms with Gasteiger partial charge in [-0.2, -0.15) is 0 Å². The van der Waals surface area contributed by atoms with Gasteiger partial charge in [0, 0.05) is 37.2 Å². The third kappa shape index (κ3) is 3.56. The number of imidazole rings is 1. The standard InChI is InChI=1S/C16H21N3O2S/c1-14-6-10-22(20,21)11-9-18(14)12-15-2-4-16(5-3-15)19-8-7-17-13-19/h2-5,7-8,13-14H,6,9-12H2,1H3. The molecule has 0 radical (unpaired) electrons. The fourth-order valence-electron chi connectivity index (χ4n) is 2.77. The lowest BCUT2D eigenvalue weighted by Gasteiger charge is -2.26. The summed E-state index contributed by atoms with van der Waals surface area (Å²) in [4.78, 5) is 6.31. The highest BCUT2D eigenvalue weighted by Gasteiger charge is 2.24. The highest BCUT2D eigenvalue weighted by atomic mass is 32.2. The van der Waals surface area contributed by atoms with Crippen LogP contribution in [0.4, 0.5) is 0 Å². The molecule has 1 unspecified atom stereocenters. The molecule has 1 fully saturated rings. The fourth-order valence-corrected chi connectivity index (χ4v) is 4.18. The third-order valence-electron chi connectivity index (χ3n) is 4.28. The molecule has 22 heavy (non-hydrogen) atoms. The average Bonchev–Trinajstić information content (AvgIpc) is 3.00. The second-order valence-corrected chi connectivity index (χ2v) is 8.20. The Balaban J connectivity index is 1.70. The monoisotopic (exact) mass is 319 g/mol. The number of sulfone groups is 1. The highest BCUT2D eigenvalue weighted by Crippen LogP contribution is 2.17. The Morgan fingerprint density at radius 2 is 2.00 bits per heavy atom. The number of aromatic nitrogens is 2. The van der Waals surface area contributed by atoms with Crippen LogP contribution in [0.15, 0.2) is 43.0 Å². The van der Waals surface area contributed by atoms with Gasteiger partial charge in [0.2, 0.25) is 0 Å². The zero-order valence-corrected chi connectivity index (χ0v) is 13.5. The topological polar surface area (TPSA) is 55.2 Å². The Morgan fingerprint density at radius 3 is 2.68 bits per heavy atom. The summed E-state index contributed by atoms with van der Waals surface area (Å²) in [6.07, 6.45) is 6.16. The Labute approximate surface area is 131 Å².